The van der Waals surface area contributed by atoms with E-state index in [1.807, 2.05) is 36.9 Å². The lowest BCUT2D eigenvalue weighted by Gasteiger charge is -2.29. The van der Waals surface area contributed by atoms with Gasteiger partial charge in [-0.3, -0.25) is 0 Å². The lowest BCUT2D eigenvalue weighted by molar-refractivity contribution is 0.333. The summed E-state index contributed by atoms with van der Waals surface area (Å²) in [5.41, 5.74) is 2.54. The molecule has 172 valence electrons. The van der Waals surface area contributed by atoms with E-state index in [-0.39, 0.29) is 0 Å². The first-order valence-corrected chi connectivity index (χ1v) is 14.8. The third-order valence-electron chi connectivity index (χ3n) is 6.45. The molecular formula is C22H34N4O2S3. The molecule has 31 heavy (non-hydrogen) atoms. The lowest BCUT2D eigenvalue weighted by atomic mass is 9.86. The van der Waals surface area contributed by atoms with Crippen molar-refractivity contribution < 1.29 is 8.42 Å². The minimum Gasteiger partial charge on any atom is -0.359 e. The normalized spacial score (nSPS) is 24.1. The molecular weight excluding hydrogens is 448 g/mol. The molecule has 2 aliphatic carbocycles. The van der Waals surface area contributed by atoms with Crippen molar-refractivity contribution >= 4 is 44.0 Å². The van der Waals surface area contributed by atoms with E-state index >= 15 is 0 Å². The van der Waals surface area contributed by atoms with E-state index in [9.17, 15) is 8.42 Å². The van der Waals surface area contributed by atoms with Crippen LogP contribution >= 0.6 is 23.1 Å². The summed E-state index contributed by atoms with van der Waals surface area (Å²) in [6, 6.07) is 0.426. The van der Waals surface area contributed by atoms with Crippen LogP contribution in [0.4, 0.5) is 5.13 Å². The molecule has 0 saturated heterocycles. The van der Waals surface area contributed by atoms with Crippen LogP contribution in [0, 0.1) is 5.92 Å². The summed E-state index contributed by atoms with van der Waals surface area (Å²) in [7, 11) is -3.35. The van der Waals surface area contributed by atoms with E-state index in [2.05, 4.69) is 22.2 Å². The Balaban J connectivity index is 1.31. The number of aryl methyl sites for hydroxylation is 1. The molecule has 1 fully saturated rings. The molecule has 0 amide bonds. The third kappa shape index (κ3) is 5.55. The van der Waals surface area contributed by atoms with Gasteiger partial charge in [0, 0.05) is 41.9 Å². The molecule has 1 aromatic heterocycles. The fourth-order valence-corrected chi connectivity index (χ4v) is 8.25. The fraction of sp³-hybridized carbons (Fsp3) is 0.682. The van der Waals surface area contributed by atoms with Crippen LogP contribution in [0.2, 0.25) is 0 Å². The Labute approximate surface area is 195 Å². The van der Waals surface area contributed by atoms with Crippen LogP contribution in [0.5, 0.6) is 0 Å². The molecule has 2 heterocycles. The average molecular weight is 483 g/mol. The van der Waals surface area contributed by atoms with E-state index in [0.717, 1.165) is 55.8 Å². The van der Waals surface area contributed by atoms with Gasteiger partial charge in [0.25, 0.3) is 10.2 Å². The van der Waals surface area contributed by atoms with E-state index in [0.29, 0.717) is 31.6 Å². The number of nitrogens with zero attached hydrogens (tertiary/aromatic N) is 2. The van der Waals surface area contributed by atoms with Gasteiger partial charge >= 0.3 is 0 Å². The Hall–Kier alpha value is -0.870. The SMILES string of the molecule is CCN(CC)S(=O)(=O)NCC1CCC(Nc2nc3c(s2)CCSC2=C3C=CCC2)CC1. The number of fused-ring (bicyclic) bond motifs is 2. The molecule has 1 aliphatic heterocycles. The first-order valence-electron chi connectivity index (χ1n) is 11.5. The van der Waals surface area contributed by atoms with Gasteiger partial charge in [0.05, 0.1) is 5.69 Å². The molecule has 0 bridgehead atoms. The Bertz CT molecular complexity index is 927. The minimum atomic E-state index is -3.35. The van der Waals surface area contributed by atoms with Crippen molar-refractivity contribution in [3.63, 3.8) is 0 Å². The predicted molar refractivity (Wildman–Crippen MR) is 133 cm³/mol. The molecule has 9 heteroatoms. The molecule has 1 aromatic rings. The molecule has 0 spiro atoms. The number of thiazole rings is 1. The first kappa shape index (κ1) is 23.3. The average Bonchev–Trinajstić information content (AvgIpc) is 3.08. The number of thioether (sulfide) groups is 1. The van der Waals surface area contributed by atoms with E-state index in [1.165, 1.54) is 25.4 Å². The van der Waals surface area contributed by atoms with E-state index < -0.39 is 10.2 Å². The summed E-state index contributed by atoms with van der Waals surface area (Å²) >= 11 is 3.82. The second-order valence-corrected chi connectivity index (χ2v) is 12.5. The highest BCUT2D eigenvalue weighted by molar-refractivity contribution is 8.03. The Morgan fingerprint density at radius 2 is 1.94 bits per heavy atom. The number of hydrogen-bond donors (Lipinski definition) is 2. The summed E-state index contributed by atoms with van der Waals surface area (Å²) in [5.74, 6) is 1.56. The lowest BCUT2D eigenvalue weighted by Crippen LogP contribution is -2.43. The molecule has 1 saturated carbocycles. The maximum absolute atomic E-state index is 12.3. The van der Waals surface area contributed by atoms with Crippen LogP contribution in [0.1, 0.15) is 62.9 Å². The number of anilines is 1. The Morgan fingerprint density at radius 1 is 1.16 bits per heavy atom. The number of hydrogen-bond acceptors (Lipinski definition) is 6. The topological polar surface area (TPSA) is 74.3 Å². The molecule has 0 radical (unpaired) electrons. The second kappa shape index (κ2) is 10.4. The molecule has 0 unspecified atom stereocenters. The van der Waals surface area contributed by atoms with Crippen LogP contribution in [0.25, 0.3) is 5.57 Å². The van der Waals surface area contributed by atoms with Crippen molar-refractivity contribution in [3.8, 4) is 0 Å². The van der Waals surface area contributed by atoms with Gasteiger partial charge in [-0.2, -0.15) is 12.7 Å². The van der Waals surface area contributed by atoms with Crippen LogP contribution in [0.3, 0.4) is 0 Å². The van der Waals surface area contributed by atoms with Gasteiger partial charge in [0.1, 0.15) is 0 Å². The van der Waals surface area contributed by atoms with Crippen LogP contribution in [0.15, 0.2) is 17.1 Å². The van der Waals surface area contributed by atoms with Crippen LogP contribution < -0.4 is 10.0 Å². The predicted octanol–water partition coefficient (Wildman–Crippen LogP) is 4.64. The number of nitrogens with one attached hydrogen (secondary N) is 2. The zero-order valence-electron chi connectivity index (χ0n) is 18.5. The molecule has 6 nitrogen and oxygen atoms in total. The standard InChI is InChI=1S/C22H34N4O2S3/c1-3-26(4-2)31(27,28)23-15-16-9-11-17(12-10-16)24-22-25-21-18-7-5-6-8-19(18)29-14-13-20(21)30-22/h5,7,16-17,23H,3-4,6,8-15H2,1-2H3,(H,24,25). The minimum absolute atomic E-state index is 0.411. The van der Waals surface area contributed by atoms with Crippen molar-refractivity contribution in [1.29, 1.82) is 0 Å². The molecule has 4 rings (SSSR count). The van der Waals surface area contributed by atoms with E-state index in [4.69, 9.17) is 4.98 Å². The molecule has 0 aromatic carbocycles. The number of rotatable bonds is 8. The van der Waals surface area contributed by atoms with Crippen molar-refractivity contribution in [2.75, 3.05) is 30.7 Å². The van der Waals surface area contributed by atoms with Gasteiger partial charge in [-0.1, -0.05) is 26.0 Å². The van der Waals surface area contributed by atoms with Gasteiger partial charge < -0.3 is 5.32 Å². The van der Waals surface area contributed by atoms with Crippen molar-refractivity contribution in [3.05, 3.63) is 27.6 Å². The molecule has 0 atom stereocenters. The third-order valence-corrected chi connectivity index (χ3v) is 10.4. The highest BCUT2D eigenvalue weighted by atomic mass is 32.2. The number of aromatic nitrogens is 1. The Kier molecular flexibility index (Phi) is 7.80. The largest absolute Gasteiger partial charge is 0.359 e. The summed E-state index contributed by atoms with van der Waals surface area (Å²) in [6.45, 7) is 5.30. The summed E-state index contributed by atoms with van der Waals surface area (Å²) in [5, 5.41) is 4.74. The summed E-state index contributed by atoms with van der Waals surface area (Å²) < 4.78 is 29.0. The quantitative estimate of drug-likeness (QED) is 0.565. The highest BCUT2D eigenvalue weighted by Gasteiger charge is 2.26. The zero-order chi connectivity index (χ0) is 21.8. The van der Waals surface area contributed by atoms with Crippen molar-refractivity contribution in [2.24, 2.45) is 5.92 Å². The van der Waals surface area contributed by atoms with E-state index in [1.54, 1.807) is 0 Å². The second-order valence-electron chi connectivity index (χ2n) is 8.47. The maximum atomic E-state index is 12.3. The summed E-state index contributed by atoms with van der Waals surface area (Å²) in [6.07, 6.45) is 12.1. The van der Waals surface area contributed by atoms with Crippen LogP contribution in [-0.4, -0.2) is 49.1 Å². The van der Waals surface area contributed by atoms with Crippen molar-refractivity contribution in [1.82, 2.24) is 14.0 Å². The fourth-order valence-electron chi connectivity index (χ4n) is 4.63. The van der Waals surface area contributed by atoms with Crippen LogP contribution in [-0.2, 0) is 16.6 Å². The molecule has 3 aliphatic rings. The zero-order valence-corrected chi connectivity index (χ0v) is 21.0. The number of allylic oxidation sites excluding steroid dienone is 4. The van der Waals surface area contributed by atoms with Crippen molar-refractivity contribution in [2.45, 2.75) is 64.8 Å². The monoisotopic (exact) mass is 482 g/mol. The highest BCUT2D eigenvalue weighted by Crippen LogP contribution is 2.42. The van der Waals surface area contributed by atoms with Gasteiger partial charge in [-0.05, 0) is 55.8 Å². The summed E-state index contributed by atoms with van der Waals surface area (Å²) in [4.78, 5) is 7.92. The van der Waals surface area contributed by atoms with Gasteiger partial charge in [0.2, 0.25) is 0 Å². The maximum Gasteiger partial charge on any atom is 0.279 e. The Morgan fingerprint density at radius 3 is 2.68 bits per heavy atom. The molecule has 2 N–H and O–H groups in total. The van der Waals surface area contributed by atoms with Gasteiger partial charge in [0.15, 0.2) is 5.13 Å². The van der Waals surface area contributed by atoms with Gasteiger partial charge in [-0.25, -0.2) is 9.71 Å². The first-order chi connectivity index (χ1) is 15.0. The van der Waals surface area contributed by atoms with Gasteiger partial charge in [-0.15, -0.1) is 23.1 Å². The smallest absolute Gasteiger partial charge is 0.279 e.